The number of thiazole rings is 1. The van der Waals surface area contributed by atoms with Crippen LogP contribution in [-0.4, -0.2) is 32.0 Å². The van der Waals surface area contributed by atoms with Crippen LogP contribution in [0.2, 0.25) is 0 Å². The van der Waals surface area contributed by atoms with E-state index in [-0.39, 0.29) is 17.0 Å². The average molecular weight is 496 g/mol. The maximum absolute atomic E-state index is 12.9. The average Bonchev–Trinajstić information content (AvgIpc) is 3.15. The highest BCUT2D eigenvalue weighted by Crippen LogP contribution is 2.20. The Kier molecular flexibility index (Phi) is 6.62. The van der Waals surface area contributed by atoms with E-state index in [0.717, 1.165) is 15.8 Å². The normalized spacial score (nSPS) is 12.0. The fourth-order valence-electron chi connectivity index (χ4n) is 3.26. The van der Waals surface area contributed by atoms with E-state index in [2.05, 4.69) is 9.71 Å². The zero-order valence-corrected chi connectivity index (χ0v) is 20.0. The fraction of sp³-hybridized carbons (Fsp3) is 0.125. The minimum Gasteiger partial charge on any atom is -0.468 e. The van der Waals surface area contributed by atoms with Gasteiger partial charge in [-0.1, -0.05) is 35.6 Å². The van der Waals surface area contributed by atoms with Gasteiger partial charge in [0.1, 0.15) is 6.54 Å². The Labute approximate surface area is 200 Å². The highest BCUT2D eigenvalue weighted by molar-refractivity contribution is 7.92. The smallest absolute Gasteiger partial charge is 0.325 e. The van der Waals surface area contributed by atoms with Crippen LogP contribution in [0.3, 0.4) is 0 Å². The van der Waals surface area contributed by atoms with E-state index < -0.39 is 21.9 Å². The Morgan fingerprint density at radius 1 is 1.03 bits per heavy atom. The summed E-state index contributed by atoms with van der Waals surface area (Å²) in [4.78, 5) is 29.5. The number of ether oxygens (including phenoxy) is 1. The lowest BCUT2D eigenvalue weighted by atomic mass is 10.2. The van der Waals surface area contributed by atoms with Crippen LogP contribution in [0.15, 0.2) is 82.7 Å². The maximum atomic E-state index is 12.9. The molecule has 34 heavy (non-hydrogen) atoms. The minimum atomic E-state index is -3.74. The quantitative estimate of drug-likeness (QED) is 0.410. The molecule has 0 spiro atoms. The van der Waals surface area contributed by atoms with Gasteiger partial charge in [-0.3, -0.25) is 14.3 Å². The molecule has 0 saturated carbocycles. The molecule has 0 aliphatic carbocycles. The number of carbonyl (C=O) groups excluding carboxylic acids is 2. The van der Waals surface area contributed by atoms with Gasteiger partial charge in [0, 0.05) is 11.3 Å². The summed E-state index contributed by atoms with van der Waals surface area (Å²) in [5.74, 6) is -0.969. The number of rotatable bonds is 6. The number of sulfonamides is 1. The van der Waals surface area contributed by atoms with Crippen LogP contribution in [0.25, 0.3) is 10.2 Å². The predicted molar refractivity (Wildman–Crippen MR) is 130 cm³/mol. The van der Waals surface area contributed by atoms with Gasteiger partial charge in [0.05, 0.1) is 22.2 Å². The molecule has 0 atom stereocenters. The largest absolute Gasteiger partial charge is 0.468 e. The second-order valence-corrected chi connectivity index (χ2v) is 10.1. The van der Waals surface area contributed by atoms with Crippen molar-refractivity contribution in [1.82, 2.24) is 4.57 Å². The third-order valence-corrected chi connectivity index (χ3v) is 7.43. The van der Waals surface area contributed by atoms with Gasteiger partial charge >= 0.3 is 5.97 Å². The molecule has 0 bridgehead atoms. The Morgan fingerprint density at radius 2 is 1.74 bits per heavy atom. The van der Waals surface area contributed by atoms with E-state index in [1.807, 2.05) is 25.1 Å². The molecular weight excluding hydrogens is 474 g/mol. The number of benzene rings is 3. The molecule has 0 radical (unpaired) electrons. The van der Waals surface area contributed by atoms with Crippen LogP contribution >= 0.6 is 11.3 Å². The third-order valence-electron chi connectivity index (χ3n) is 4.99. The van der Waals surface area contributed by atoms with Crippen molar-refractivity contribution in [2.75, 3.05) is 11.8 Å². The van der Waals surface area contributed by atoms with Gasteiger partial charge in [-0.25, -0.2) is 8.42 Å². The Bertz CT molecular complexity index is 1540. The highest BCUT2D eigenvalue weighted by atomic mass is 32.2. The molecule has 4 aromatic rings. The summed E-state index contributed by atoms with van der Waals surface area (Å²) >= 11 is 1.30. The van der Waals surface area contributed by atoms with Crippen LogP contribution in [0.5, 0.6) is 0 Å². The number of amides is 1. The topological polar surface area (TPSA) is 107 Å². The maximum Gasteiger partial charge on any atom is 0.325 e. The molecule has 1 N–H and O–H groups in total. The standard InChI is InChI=1S/C24H21N3O5S2/c1-16-8-13-20-21(14-16)33-24(27(20)15-22(28)32-2)25-23(29)17-9-11-18(12-10-17)26-34(30,31)19-6-4-3-5-7-19/h3-14,26H,15H2,1-2H3. The van der Waals surface area contributed by atoms with E-state index >= 15 is 0 Å². The first-order valence-corrected chi connectivity index (χ1v) is 12.5. The van der Waals surface area contributed by atoms with Gasteiger partial charge in [0.2, 0.25) is 0 Å². The first-order chi connectivity index (χ1) is 16.3. The number of hydrogen-bond donors (Lipinski definition) is 1. The number of carbonyl (C=O) groups is 2. The van der Waals surface area contributed by atoms with Crippen molar-refractivity contribution in [1.29, 1.82) is 0 Å². The predicted octanol–water partition coefficient (Wildman–Crippen LogP) is 3.73. The number of anilines is 1. The monoisotopic (exact) mass is 495 g/mol. The molecule has 3 aromatic carbocycles. The summed E-state index contributed by atoms with van der Waals surface area (Å²) < 4.78 is 34.8. The Morgan fingerprint density at radius 3 is 2.41 bits per heavy atom. The third kappa shape index (κ3) is 5.08. The number of aromatic nitrogens is 1. The van der Waals surface area contributed by atoms with Gasteiger partial charge < -0.3 is 9.30 Å². The number of fused-ring (bicyclic) bond motifs is 1. The van der Waals surface area contributed by atoms with Crippen molar-refractivity contribution in [3.05, 3.63) is 88.7 Å². The molecular formula is C24H21N3O5S2. The molecule has 10 heteroatoms. The van der Waals surface area contributed by atoms with Crippen LogP contribution in [0, 0.1) is 6.92 Å². The fourth-order valence-corrected chi connectivity index (χ4v) is 5.46. The lowest BCUT2D eigenvalue weighted by Gasteiger charge is -2.08. The lowest BCUT2D eigenvalue weighted by molar-refractivity contribution is -0.141. The summed E-state index contributed by atoms with van der Waals surface area (Å²) in [7, 11) is -2.43. The van der Waals surface area contributed by atoms with Gasteiger partial charge in [0.25, 0.3) is 15.9 Å². The van der Waals surface area contributed by atoms with Crippen LogP contribution < -0.4 is 9.52 Å². The number of nitrogens with one attached hydrogen (secondary N) is 1. The van der Waals surface area contributed by atoms with Crippen molar-refractivity contribution in [3.63, 3.8) is 0 Å². The first-order valence-electron chi connectivity index (χ1n) is 10.2. The van der Waals surface area contributed by atoms with Crippen molar-refractivity contribution >= 4 is 49.1 Å². The van der Waals surface area contributed by atoms with E-state index in [0.29, 0.717) is 10.5 Å². The molecule has 0 saturated heterocycles. The summed E-state index contributed by atoms with van der Waals surface area (Å²) in [6.07, 6.45) is 0. The van der Waals surface area contributed by atoms with Crippen molar-refractivity contribution in [3.8, 4) is 0 Å². The molecule has 0 aliphatic rings. The minimum absolute atomic E-state index is 0.0775. The number of nitrogens with zero attached hydrogens (tertiary/aromatic N) is 2. The zero-order valence-electron chi connectivity index (χ0n) is 18.4. The summed E-state index contributed by atoms with van der Waals surface area (Å²) in [5, 5.41) is 0. The van der Waals surface area contributed by atoms with Crippen LogP contribution in [-0.2, 0) is 26.1 Å². The summed E-state index contributed by atoms with van der Waals surface area (Å²) in [5.41, 5.74) is 2.42. The molecule has 8 nitrogen and oxygen atoms in total. The lowest BCUT2D eigenvalue weighted by Crippen LogP contribution is -2.22. The Balaban J connectivity index is 1.63. The van der Waals surface area contributed by atoms with Gasteiger partial charge in [-0.2, -0.15) is 4.99 Å². The van der Waals surface area contributed by atoms with E-state index in [4.69, 9.17) is 4.74 Å². The van der Waals surface area contributed by atoms with E-state index in [9.17, 15) is 18.0 Å². The molecule has 1 amide bonds. The molecule has 174 valence electrons. The van der Waals surface area contributed by atoms with E-state index in [1.54, 1.807) is 22.8 Å². The molecule has 0 aliphatic heterocycles. The number of aryl methyl sites for hydroxylation is 1. The SMILES string of the molecule is COC(=O)Cn1c(=NC(=O)c2ccc(NS(=O)(=O)c3ccccc3)cc2)sc2cc(C)ccc21. The first kappa shape index (κ1) is 23.4. The van der Waals surface area contributed by atoms with Crippen molar-refractivity contribution in [2.24, 2.45) is 4.99 Å². The van der Waals surface area contributed by atoms with Gasteiger partial charge in [-0.05, 0) is 61.0 Å². The Hall–Kier alpha value is -3.76. The number of esters is 1. The second kappa shape index (κ2) is 9.62. The van der Waals surface area contributed by atoms with Crippen LogP contribution in [0.1, 0.15) is 15.9 Å². The van der Waals surface area contributed by atoms with Crippen molar-refractivity contribution < 1.29 is 22.7 Å². The molecule has 1 heterocycles. The zero-order chi connectivity index (χ0) is 24.3. The molecule has 0 fully saturated rings. The number of hydrogen-bond acceptors (Lipinski definition) is 6. The molecule has 1 aromatic heterocycles. The van der Waals surface area contributed by atoms with Crippen molar-refractivity contribution in [2.45, 2.75) is 18.4 Å². The molecule has 4 rings (SSSR count). The van der Waals surface area contributed by atoms with Gasteiger partial charge in [0.15, 0.2) is 4.80 Å². The second-order valence-electron chi connectivity index (χ2n) is 7.43. The highest BCUT2D eigenvalue weighted by Gasteiger charge is 2.15. The summed E-state index contributed by atoms with van der Waals surface area (Å²) in [6.45, 7) is 1.88. The molecule has 0 unspecified atom stereocenters. The summed E-state index contributed by atoms with van der Waals surface area (Å²) in [6, 6.07) is 19.8. The van der Waals surface area contributed by atoms with E-state index in [1.165, 1.54) is 54.8 Å². The van der Waals surface area contributed by atoms with Gasteiger partial charge in [-0.15, -0.1) is 0 Å². The van der Waals surface area contributed by atoms with Crippen LogP contribution in [0.4, 0.5) is 5.69 Å². The number of methoxy groups -OCH3 is 1.